The summed E-state index contributed by atoms with van der Waals surface area (Å²) in [6, 6.07) is 0. The highest BCUT2D eigenvalue weighted by atomic mass is 16.6. The number of hydrogen-bond acceptors (Lipinski definition) is 3. The molecule has 0 aliphatic carbocycles. The summed E-state index contributed by atoms with van der Waals surface area (Å²) in [5, 5.41) is 11.8. The average Bonchev–Trinajstić information content (AvgIpc) is 2.57. The molecule has 1 rings (SSSR count). The van der Waals surface area contributed by atoms with Crippen molar-refractivity contribution >= 4 is 12.1 Å². The topological polar surface area (TPSA) is 84.4 Å². The molecule has 1 aromatic rings. The number of carbonyl (C=O) groups is 2. The van der Waals surface area contributed by atoms with Gasteiger partial charge in [0, 0.05) is 13.0 Å². The maximum absolute atomic E-state index is 11.5. The zero-order chi connectivity index (χ0) is 16.2. The number of ether oxygens (including phenoxy) is 1. The van der Waals surface area contributed by atoms with Gasteiger partial charge in [-0.05, 0) is 27.7 Å². The van der Waals surface area contributed by atoms with Crippen LogP contribution in [-0.2, 0) is 18.3 Å². The first-order valence-electron chi connectivity index (χ1n) is 6.88. The Morgan fingerprint density at radius 3 is 2.52 bits per heavy atom. The first-order valence-corrected chi connectivity index (χ1v) is 6.88. The van der Waals surface area contributed by atoms with Crippen LogP contribution in [0.5, 0.6) is 0 Å². The van der Waals surface area contributed by atoms with Crippen molar-refractivity contribution in [3.8, 4) is 0 Å². The van der Waals surface area contributed by atoms with Crippen molar-refractivity contribution in [1.82, 2.24) is 10.00 Å². The summed E-state index contributed by atoms with van der Waals surface area (Å²) in [7, 11) is 1.71. The van der Waals surface area contributed by atoms with Gasteiger partial charge in [-0.1, -0.05) is 0 Å². The van der Waals surface area contributed by atoms with Gasteiger partial charge in [0.2, 0.25) is 0 Å². The van der Waals surface area contributed by atoms with Gasteiger partial charge >= 0.3 is 12.1 Å². The predicted molar refractivity (Wildman–Crippen MR) is 76.2 cm³/mol. The molecular weight excluding hydrogens is 274 g/mol. The molecule has 0 fully saturated rings. The van der Waals surface area contributed by atoms with Gasteiger partial charge in [0.15, 0.2) is 18.4 Å². The summed E-state index contributed by atoms with van der Waals surface area (Å²) >= 11 is 0. The number of aromatic nitrogens is 2. The molecule has 0 saturated heterocycles. The van der Waals surface area contributed by atoms with Crippen LogP contribution in [0.25, 0.3) is 0 Å². The number of carboxylic acid groups (broad SMARTS) is 1. The fourth-order valence-electron chi connectivity index (χ4n) is 2.02. The Kier molecular flexibility index (Phi) is 5.34. The van der Waals surface area contributed by atoms with E-state index in [1.54, 1.807) is 24.9 Å². The molecular formula is C14H24N3O4+. The number of aryl methyl sites for hydroxylation is 2. The van der Waals surface area contributed by atoms with E-state index in [1.165, 1.54) is 0 Å². The SMILES string of the molecule is Cc1c[n+](CCCNC(=O)OC(C)(C)C)n(C)c1C(=O)O. The minimum absolute atomic E-state index is 0.273. The lowest BCUT2D eigenvalue weighted by Gasteiger charge is -2.19. The molecule has 2 N–H and O–H groups in total. The van der Waals surface area contributed by atoms with E-state index in [4.69, 9.17) is 9.84 Å². The molecule has 0 aromatic carbocycles. The maximum atomic E-state index is 11.5. The Morgan fingerprint density at radius 2 is 2.05 bits per heavy atom. The van der Waals surface area contributed by atoms with E-state index in [-0.39, 0.29) is 5.69 Å². The maximum Gasteiger partial charge on any atom is 0.407 e. The zero-order valence-corrected chi connectivity index (χ0v) is 13.3. The smallest absolute Gasteiger partial charge is 0.407 e. The lowest BCUT2D eigenvalue weighted by Crippen LogP contribution is -2.43. The number of aromatic carboxylic acids is 1. The fraction of sp³-hybridized carbons (Fsp3) is 0.643. The monoisotopic (exact) mass is 298 g/mol. The third kappa shape index (κ3) is 5.09. The normalized spacial score (nSPS) is 11.3. The zero-order valence-electron chi connectivity index (χ0n) is 13.3. The Morgan fingerprint density at radius 1 is 1.43 bits per heavy atom. The van der Waals surface area contributed by atoms with Gasteiger partial charge in [-0.25, -0.2) is 9.59 Å². The first kappa shape index (κ1) is 17.0. The fourth-order valence-corrected chi connectivity index (χ4v) is 2.02. The van der Waals surface area contributed by atoms with Gasteiger partial charge in [-0.15, -0.1) is 9.36 Å². The van der Waals surface area contributed by atoms with E-state index >= 15 is 0 Å². The van der Waals surface area contributed by atoms with E-state index in [1.807, 2.05) is 25.5 Å². The molecule has 1 heterocycles. The lowest BCUT2D eigenvalue weighted by atomic mass is 10.2. The molecule has 0 saturated carbocycles. The Bertz CT molecular complexity index is 529. The molecule has 118 valence electrons. The number of alkyl carbamates (subject to hydrolysis) is 1. The second-order valence-electron chi connectivity index (χ2n) is 5.93. The van der Waals surface area contributed by atoms with Gasteiger partial charge in [0.25, 0.3) is 0 Å². The van der Waals surface area contributed by atoms with Crippen LogP contribution in [0.1, 0.15) is 43.2 Å². The van der Waals surface area contributed by atoms with Crippen LogP contribution < -0.4 is 10.00 Å². The second kappa shape index (κ2) is 6.60. The number of nitrogens with zero attached hydrogens (tertiary/aromatic N) is 2. The van der Waals surface area contributed by atoms with Crippen molar-refractivity contribution in [1.29, 1.82) is 0 Å². The van der Waals surface area contributed by atoms with Crippen molar-refractivity contribution < 1.29 is 24.1 Å². The number of nitrogens with one attached hydrogen (secondary N) is 1. The number of carboxylic acids is 1. The van der Waals surface area contributed by atoms with E-state index in [9.17, 15) is 9.59 Å². The summed E-state index contributed by atoms with van der Waals surface area (Å²) in [6.45, 7) is 8.27. The molecule has 7 nitrogen and oxygen atoms in total. The summed E-state index contributed by atoms with van der Waals surface area (Å²) in [5.41, 5.74) is 0.477. The minimum Gasteiger partial charge on any atom is -0.476 e. The molecule has 0 atom stereocenters. The summed E-state index contributed by atoms with van der Waals surface area (Å²) < 4.78 is 8.55. The van der Waals surface area contributed by atoms with Crippen molar-refractivity contribution in [3.05, 3.63) is 17.5 Å². The van der Waals surface area contributed by atoms with E-state index in [0.29, 0.717) is 25.1 Å². The number of hydrogen-bond donors (Lipinski definition) is 2. The Balaban J connectivity index is 2.46. The molecule has 0 aliphatic rings. The van der Waals surface area contributed by atoms with Crippen molar-refractivity contribution in [2.75, 3.05) is 6.54 Å². The number of amides is 1. The molecule has 7 heteroatoms. The minimum atomic E-state index is -0.944. The Labute approximate surface area is 124 Å². The van der Waals surface area contributed by atoms with E-state index < -0.39 is 17.7 Å². The van der Waals surface area contributed by atoms with Crippen LogP contribution in [0, 0.1) is 6.92 Å². The van der Waals surface area contributed by atoms with Gasteiger partial charge in [0.05, 0.1) is 12.6 Å². The summed E-state index contributed by atoms with van der Waals surface area (Å²) in [4.78, 5) is 22.6. The predicted octanol–water partition coefficient (Wildman–Crippen LogP) is 1.23. The molecule has 0 spiro atoms. The van der Waals surface area contributed by atoms with Crippen molar-refractivity contribution in [2.24, 2.45) is 7.05 Å². The lowest BCUT2D eigenvalue weighted by molar-refractivity contribution is -0.773. The van der Waals surface area contributed by atoms with Crippen molar-refractivity contribution in [2.45, 2.75) is 46.3 Å². The van der Waals surface area contributed by atoms with Crippen LogP contribution in [-0.4, -0.2) is 34.0 Å². The molecule has 0 aliphatic heterocycles. The molecule has 1 amide bonds. The highest BCUT2D eigenvalue weighted by molar-refractivity contribution is 5.86. The Hall–Kier alpha value is -2.05. The highest BCUT2D eigenvalue weighted by Gasteiger charge is 2.21. The highest BCUT2D eigenvalue weighted by Crippen LogP contribution is 2.06. The van der Waals surface area contributed by atoms with Gasteiger partial charge in [-0.3, -0.25) is 0 Å². The largest absolute Gasteiger partial charge is 0.476 e. The third-order valence-electron chi connectivity index (χ3n) is 2.86. The molecule has 1 aromatic heterocycles. The quantitative estimate of drug-likeness (QED) is 0.632. The van der Waals surface area contributed by atoms with Crippen LogP contribution in [0.3, 0.4) is 0 Å². The van der Waals surface area contributed by atoms with Crippen LogP contribution >= 0.6 is 0 Å². The number of carbonyl (C=O) groups excluding carboxylic acids is 1. The van der Waals surface area contributed by atoms with E-state index in [0.717, 1.165) is 0 Å². The van der Waals surface area contributed by atoms with E-state index in [2.05, 4.69) is 5.32 Å². The van der Waals surface area contributed by atoms with Gasteiger partial charge < -0.3 is 15.2 Å². The van der Waals surface area contributed by atoms with Crippen LogP contribution in [0.15, 0.2) is 6.20 Å². The van der Waals surface area contributed by atoms with Crippen molar-refractivity contribution in [3.63, 3.8) is 0 Å². The standard InChI is InChI=1S/C14H23N3O4/c1-10-9-17(16(5)11(10)12(18)19)8-6-7-15-13(20)21-14(2,3)4/h9H,6-8H2,1-5H3,(H-,15,18,19,20)/p+1. The first-order chi connectivity index (χ1) is 9.61. The molecule has 0 unspecified atom stereocenters. The number of rotatable bonds is 5. The average molecular weight is 298 g/mol. The third-order valence-corrected chi connectivity index (χ3v) is 2.86. The van der Waals surface area contributed by atoms with Crippen LogP contribution in [0.2, 0.25) is 0 Å². The van der Waals surface area contributed by atoms with Gasteiger partial charge in [-0.2, -0.15) is 0 Å². The molecule has 21 heavy (non-hydrogen) atoms. The summed E-state index contributed by atoms with van der Waals surface area (Å²) in [5.74, 6) is -0.944. The molecule has 0 radical (unpaired) electrons. The molecule has 0 bridgehead atoms. The van der Waals surface area contributed by atoms with Crippen LogP contribution in [0.4, 0.5) is 4.79 Å². The van der Waals surface area contributed by atoms with Gasteiger partial charge in [0.1, 0.15) is 5.60 Å². The second-order valence-corrected chi connectivity index (χ2v) is 5.93. The summed E-state index contributed by atoms with van der Waals surface area (Å²) in [6.07, 6.45) is 2.03.